The summed E-state index contributed by atoms with van der Waals surface area (Å²) >= 11 is 0. The molecule has 0 aliphatic heterocycles. The van der Waals surface area contributed by atoms with E-state index in [1.165, 1.54) is 11.8 Å². The van der Waals surface area contributed by atoms with Crippen molar-refractivity contribution >= 4 is 15.7 Å². The van der Waals surface area contributed by atoms with Crippen molar-refractivity contribution in [2.45, 2.75) is 31.1 Å². The van der Waals surface area contributed by atoms with Gasteiger partial charge in [0.25, 0.3) is 10.0 Å². The lowest BCUT2D eigenvalue weighted by molar-refractivity contribution is 0.601. The van der Waals surface area contributed by atoms with Crippen molar-refractivity contribution in [3.05, 3.63) is 53.3 Å². The molecule has 1 aromatic heterocycles. The zero-order valence-corrected chi connectivity index (χ0v) is 12.1. The largest absolute Gasteiger partial charge is 0.278 e. The molecule has 4 nitrogen and oxygen atoms in total. The van der Waals surface area contributed by atoms with Crippen LogP contribution in [0.3, 0.4) is 0 Å². The maximum absolute atomic E-state index is 12.4. The third kappa shape index (κ3) is 2.41. The molecule has 1 N–H and O–H groups in total. The number of benzene rings is 1. The van der Waals surface area contributed by atoms with E-state index in [0.717, 1.165) is 30.4 Å². The Balaban J connectivity index is 1.94. The average molecular weight is 288 g/mol. The molecule has 0 saturated heterocycles. The first-order valence-electron chi connectivity index (χ1n) is 6.61. The van der Waals surface area contributed by atoms with Gasteiger partial charge in [-0.25, -0.2) is 8.42 Å². The fourth-order valence-corrected chi connectivity index (χ4v) is 3.66. The second-order valence-corrected chi connectivity index (χ2v) is 6.76. The van der Waals surface area contributed by atoms with Crippen LogP contribution in [0.2, 0.25) is 0 Å². The summed E-state index contributed by atoms with van der Waals surface area (Å²) in [5, 5.41) is 0. The van der Waals surface area contributed by atoms with Gasteiger partial charge in [-0.3, -0.25) is 9.71 Å². The number of nitrogens with zero attached hydrogens (tertiary/aromatic N) is 1. The molecule has 5 heteroatoms. The molecule has 0 fully saturated rings. The molecule has 0 bridgehead atoms. The van der Waals surface area contributed by atoms with E-state index in [0.29, 0.717) is 10.6 Å². The molecular formula is C15H16N2O2S. The van der Waals surface area contributed by atoms with Crippen LogP contribution >= 0.6 is 0 Å². The summed E-state index contributed by atoms with van der Waals surface area (Å²) in [4.78, 5) is 4.27. The fourth-order valence-electron chi connectivity index (χ4n) is 2.49. The van der Waals surface area contributed by atoms with E-state index in [-0.39, 0.29) is 0 Å². The van der Waals surface area contributed by atoms with Crippen molar-refractivity contribution in [1.29, 1.82) is 0 Å². The third-order valence-electron chi connectivity index (χ3n) is 3.66. The molecule has 1 aliphatic carbocycles. The topological polar surface area (TPSA) is 59.1 Å². The Hall–Kier alpha value is -1.88. The summed E-state index contributed by atoms with van der Waals surface area (Å²) < 4.78 is 27.4. The summed E-state index contributed by atoms with van der Waals surface area (Å²) in [6.07, 6.45) is 6.28. The normalized spacial score (nSPS) is 14.1. The minimum absolute atomic E-state index is 0.321. The highest BCUT2D eigenvalue weighted by Crippen LogP contribution is 2.26. The van der Waals surface area contributed by atoms with Gasteiger partial charge in [-0.05, 0) is 61.1 Å². The highest BCUT2D eigenvalue weighted by molar-refractivity contribution is 7.92. The van der Waals surface area contributed by atoms with Crippen LogP contribution in [0, 0.1) is 6.92 Å². The minimum Gasteiger partial charge on any atom is -0.278 e. The van der Waals surface area contributed by atoms with Crippen molar-refractivity contribution < 1.29 is 8.42 Å². The number of hydrogen-bond acceptors (Lipinski definition) is 3. The fraction of sp³-hybridized carbons (Fsp3) is 0.267. The van der Waals surface area contributed by atoms with E-state index in [2.05, 4.69) is 9.71 Å². The highest BCUT2D eigenvalue weighted by atomic mass is 32.2. The van der Waals surface area contributed by atoms with Crippen LogP contribution in [0.15, 0.2) is 41.6 Å². The summed E-state index contributed by atoms with van der Waals surface area (Å²) in [7, 11) is -3.55. The summed E-state index contributed by atoms with van der Waals surface area (Å²) in [5.74, 6) is 0. The van der Waals surface area contributed by atoms with Gasteiger partial charge in [0.15, 0.2) is 0 Å². The number of rotatable bonds is 3. The van der Waals surface area contributed by atoms with Crippen LogP contribution in [0.25, 0.3) is 0 Å². The Morgan fingerprint density at radius 3 is 2.75 bits per heavy atom. The smallest absolute Gasteiger partial charge is 0.261 e. The molecule has 0 spiro atoms. The summed E-state index contributed by atoms with van der Waals surface area (Å²) in [6, 6.07) is 7.17. The van der Waals surface area contributed by atoms with Gasteiger partial charge < -0.3 is 0 Å². The predicted molar refractivity (Wildman–Crippen MR) is 78.2 cm³/mol. The Bertz CT molecular complexity index is 754. The molecule has 20 heavy (non-hydrogen) atoms. The molecule has 0 saturated carbocycles. The molecule has 0 radical (unpaired) electrons. The average Bonchev–Trinajstić information content (AvgIpc) is 2.88. The molecule has 1 aromatic carbocycles. The van der Waals surface area contributed by atoms with E-state index in [1.807, 2.05) is 13.0 Å². The van der Waals surface area contributed by atoms with Gasteiger partial charge in [-0.1, -0.05) is 6.07 Å². The number of fused-ring (bicyclic) bond motifs is 1. The van der Waals surface area contributed by atoms with Gasteiger partial charge >= 0.3 is 0 Å². The molecule has 3 rings (SSSR count). The third-order valence-corrected chi connectivity index (χ3v) is 5.03. The second kappa shape index (κ2) is 4.90. The molecule has 104 valence electrons. The molecule has 0 unspecified atom stereocenters. The van der Waals surface area contributed by atoms with Crippen LogP contribution in [0.5, 0.6) is 0 Å². The van der Waals surface area contributed by atoms with E-state index in [1.54, 1.807) is 24.4 Å². The van der Waals surface area contributed by atoms with E-state index >= 15 is 0 Å². The lowest BCUT2D eigenvalue weighted by Crippen LogP contribution is -2.14. The van der Waals surface area contributed by atoms with Crippen molar-refractivity contribution in [3.8, 4) is 0 Å². The number of aromatic nitrogens is 1. The number of hydrogen-bond donors (Lipinski definition) is 1. The van der Waals surface area contributed by atoms with Gasteiger partial charge in [0.2, 0.25) is 0 Å². The lowest BCUT2D eigenvalue weighted by Gasteiger charge is -2.11. The number of anilines is 1. The zero-order chi connectivity index (χ0) is 14.2. The van der Waals surface area contributed by atoms with Crippen molar-refractivity contribution in [1.82, 2.24) is 4.98 Å². The molecule has 0 atom stereocenters. The number of aryl methyl sites for hydroxylation is 3. The monoisotopic (exact) mass is 288 g/mol. The Morgan fingerprint density at radius 1 is 1.15 bits per heavy atom. The maximum atomic E-state index is 12.4. The van der Waals surface area contributed by atoms with Crippen LogP contribution < -0.4 is 4.72 Å². The molecular weight excluding hydrogens is 272 g/mol. The van der Waals surface area contributed by atoms with Gasteiger partial charge in [-0.2, -0.15) is 0 Å². The molecule has 1 aliphatic rings. The van der Waals surface area contributed by atoms with E-state index in [9.17, 15) is 8.42 Å². The van der Waals surface area contributed by atoms with Crippen LogP contribution in [0.1, 0.15) is 23.1 Å². The first-order valence-corrected chi connectivity index (χ1v) is 8.10. The zero-order valence-electron chi connectivity index (χ0n) is 11.3. The van der Waals surface area contributed by atoms with Crippen LogP contribution in [0.4, 0.5) is 5.69 Å². The lowest BCUT2D eigenvalue weighted by atomic mass is 10.1. The van der Waals surface area contributed by atoms with Crippen molar-refractivity contribution in [2.75, 3.05) is 4.72 Å². The molecule has 1 heterocycles. The number of pyridine rings is 1. The maximum Gasteiger partial charge on any atom is 0.261 e. The summed E-state index contributed by atoms with van der Waals surface area (Å²) in [5.41, 5.74) is 3.79. The predicted octanol–water partition coefficient (Wildman–Crippen LogP) is 2.68. The molecule has 2 aromatic rings. The Labute approximate surface area is 118 Å². The van der Waals surface area contributed by atoms with E-state index in [4.69, 9.17) is 0 Å². The number of sulfonamides is 1. The van der Waals surface area contributed by atoms with Gasteiger partial charge in [0, 0.05) is 6.20 Å². The van der Waals surface area contributed by atoms with Gasteiger partial charge in [0.05, 0.1) is 16.8 Å². The number of nitrogens with one attached hydrogen (secondary N) is 1. The van der Waals surface area contributed by atoms with Crippen molar-refractivity contribution in [2.24, 2.45) is 0 Å². The van der Waals surface area contributed by atoms with Gasteiger partial charge in [-0.15, -0.1) is 0 Å². The second-order valence-electron chi connectivity index (χ2n) is 5.08. The first-order chi connectivity index (χ1) is 9.56. The summed E-state index contributed by atoms with van der Waals surface area (Å²) in [6.45, 7) is 1.85. The quantitative estimate of drug-likeness (QED) is 0.944. The van der Waals surface area contributed by atoms with E-state index < -0.39 is 10.0 Å². The highest BCUT2D eigenvalue weighted by Gasteiger charge is 2.19. The SMILES string of the molecule is Cc1ccncc1NS(=O)(=O)c1ccc2c(c1)CCC2. The first kappa shape index (κ1) is 13.1. The van der Waals surface area contributed by atoms with Crippen LogP contribution in [-0.4, -0.2) is 13.4 Å². The van der Waals surface area contributed by atoms with Crippen LogP contribution in [-0.2, 0) is 22.9 Å². The molecule has 0 amide bonds. The Kier molecular flexibility index (Phi) is 3.22. The van der Waals surface area contributed by atoms with Crippen molar-refractivity contribution in [3.63, 3.8) is 0 Å². The Morgan fingerprint density at radius 2 is 1.95 bits per heavy atom. The van der Waals surface area contributed by atoms with Gasteiger partial charge in [0.1, 0.15) is 0 Å². The minimum atomic E-state index is -3.55. The standard InChI is InChI=1S/C15H16N2O2S/c1-11-7-8-16-10-15(11)17-20(18,19)14-6-5-12-3-2-4-13(12)9-14/h5-10,17H,2-4H2,1H3.